The molecule has 1 aromatic heterocycles. The van der Waals surface area contributed by atoms with E-state index >= 15 is 0 Å². The summed E-state index contributed by atoms with van der Waals surface area (Å²) in [7, 11) is 0. The molecule has 0 radical (unpaired) electrons. The van der Waals surface area contributed by atoms with Crippen LogP contribution in [0, 0.1) is 0 Å². The van der Waals surface area contributed by atoms with E-state index in [1.165, 1.54) is 16.5 Å². The molecule has 5 aromatic rings. The SMILES string of the molecule is CCN(CC)c1ccc(-c2nc3ccccc3n2-c2cccc3ccccc23)cc1. The number of benzene rings is 4. The molecule has 30 heavy (non-hydrogen) atoms. The van der Waals surface area contributed by atoms with Crippen LogP contribution in [0.25, 0.3) is 38.9 Å². The van der Waals surface area contributed by atoms with Crippen LogP contribution in [-0.4, -0.2) is 22.6 Å². The third-order valence-corrected chi connectivity index (χ3v) is 5.82. The number of anilines is 1. The second kappa shape index (κ2) is 7.68. The molecule has 0 atom stereocenters. The number of fused-ring (bicyclic) bond motifs is 2. The zero-order valence-electron chi connectivity index (χ0n) is 17.4. The minimum Gasteiger partial charge on any atom is -0.372 e. The first kappa shape index (κ1) is 18.4. The van der Waals surface area contributed by atoms with E-state index in [4.69, 9.17) is 4.98 Å². The van der Waals surface area contributed by atoms with Gasteiger partial charge in [0.25, 0.3) is 0 Å². The molecule has 0 N–H and O–H groups in total. The number of rotatable bonds is 5. The molecule has 0 bridgehead atoms. The van der Waals surface area contributed by atoms with Gasteiger partial charge >= 0.3 is 0 Å². The number of aromatic nitrogens is 2. The molecule has 0 aliphatic carbocycles. The van der Waals surface area contributed by atoms with Crippen molar-refractivity contribution in [3.05, 3.63) is 91.0 Å². The second-order valence-corrected chi connectivity index (χ2v) is 7.48. The van der Waals surface area contributed by atoms with Gasteiger partial charge in [0.2, 0.25) is 0 Å². The van der Waals surface area contributed by atoms with Gasteiger partial charge in [0.15, 0.2) is 0 Å². The maximum absolute atomic E-state index is 5.03. The third kappa shape index (κ3) is 3.03. The van der Waals surface area contributed by atoms with Crippen molar-refractivity contribution in [2.24, 2.45) is 0 Å². The Labute approximate surface area is 177 Å². The Bertz CT molecular complexity index is 1310. The standard InChI is InChI=1S/C27H25N3/c1-3-29(4-2)22-18-16-21(17-19-22)27-28-24-13-7-8-14-26(24)30(27)25-15-9-11-20-10-5-6-12-23(20)25/h5-19H,3-4H2,1-2H3. The molecule has 0 fully saturated rings. The van der Waals surface area contributed by atoms with Crippen molar-refractivity contribution in [2.45, 2.75) is 13.8 Å². The molecule has 0 saturated carbocycles. The van der Waals surface area contributed by atoms with E-state index in [2.05, 4.69) is 114 Å². The zero-order chi connectivity index (χ0) is 20.5. The molecule has 0 unspecified atom stereocenters. The minimum absolute atomic E-state index is 0.971. The van der Waals surface area contributed by atoms with Crippen LogP contribution in [0.4, 0.5) is 5.69 Å². The highest BCUT2D eigenvalue weighted by Gasteiger charge is 2.16. The van der Waals surface area contributed by atoms with Gasteiger partial charge in [0, 0.05) is 29.7 Å². The molecule has 0 saturated heterocycles. The summed E-state index contributed by atoms with van der Waals surface area (Å²) in [6, 6.07) is 32.2. The van der Waals surface area contributed by atoms with E-state index in [0.717, 1.165) is 41.2 Å². The van der Waals surface area contributed by atoms with Crippen LogP contribution in [-0.2, 0) is 0 Å². The molecule has 0 aliphatic rings. The van der Waals surface area contributed by atoms with Crippen LogP contribution >= 0.6 is 0 Å². The summed E-state index contributed by atoms with van der Waals surface area (Å²) in [6.07, 6.45) is 0. The highest BCUT2D eigenvalue weighted by atomic mass is 15.1. The van der Waals surface area contributed by atoms with Gasteiger partial charge in [-0.3, -0.25) is 4.57 Å². The van der Waals surface area contributed by atoms with Gasteiger partial charge in [-0.05, 0) is 61.7 Å². The Kier molecular flexibility index (Phi) is 4.72. The average Bonchev–Trinajstić information content (AvgIpc) is 3.19. The van der Waals surface area contributed by atoms with E-state index in [-0.39, 0.29) is 0 Å². The second-order valence-electron chi connectivity index (χ2n) is 7.48. The van der Waals surface area contributed by atoms with Gasteiger partial charge in [-0.15, -0.1) is 0 Å². The smallest absolute Gasteiger partial charge is 0.145 e. The monoisotopic (exact) mass is 391 g/mol. The van der Waals surface area contributed by atoms with E-state index in [1.54, 1.807) is 0 Å². The third-order valence-electron chi connectivity index (χ3n) is 5.82. The van der Waals surface area contributed by atoms with E-state index in [1.807, 2.05) is 0 Å². The molecular weight excluding hydrogens is 366 g/mol. The molecule has 1 heterocycles. The highest BCUT2D eigenvalue weighted by Crippen LogP contribution is 2.33. The zero-order valence-corrected chi connectivity index (χ0v) is 17.4. The van der Waals surface area contributed by atoms with Crippen LogP contribution in [0.2, 0.25) is 0 Å². The quantitative estimate of drug-likeness (QED) is 0.333. The van der Waals surface area contributed by atoms with E-state index in [9.17, 15) is 0 Å². The lowest BCUT2D eigenvalue weighted by molar-refractivity contribution is 0.866. The van der Waals surface area contributed by atoms with Crippen molar-refractivity contribution in [1.29, 1.82) is 0 Å². The molecule has 3 heteroatoms. The summed E-state index contributed by atoms with van der Waals surface area (Å²) < 4.78 is 2.30. The molecule has 0 amide bonds. The van der Waals surface area contributed by atoms with Crippen molar-refractivity contribution < 1.29 is 0 Å². The number of hydrogen-bond donors (Lipinski definition) is 0. The van der Waals surface area contributed by atoms with Gasteiger partial charge in [0.1, 0.15) is 5.82 Å². The summed E-state index contributed by atoms with van der Waals surface area (Å²) in [6.45, 7) is 6.39. The Morgan fingerprint density at radius 2 is 1.43 bits per heavy atom. The average molecular weight is 392 g/mol. The molecular formula is C27H25N3. The van der Waals surface area contributed by atoms with E-state index in [0.29, 0.717) is 0 Å². The molecule has 0 spiro atoms. The van der Waals surface area contributed by atoms with Gasteiger partial charge in [-0.25, -0.2) is 4.98 Å². The van der Waals surface area contributed by atoms with Crippen molar-refractivity contribution >= 4 is 27.5 Å². The lowest BCUT2D eigenvalue weighted by atomic mass is 10.1. The Morgan fingerprint density at radius 1 is 0.733 bits per heavy atom. The fourth-order valence-electron chi connectivity index (χ4n) is 4.28. The van der Waals surface area contributed by atoms with Crippen molar-refractivity contribution in [1.82, 2.24) is 9.55 Å². The maximum Gasteiger partial charge on any atom is 0.145 e. The number of imidazole rings is 1. The lowest BCUT2D eigenvalue weighted by Crippen LogP contribution is -2.21. The van der Waals surface area contributed by atoms with Crippen molar-refractivity contribution in [3.63, 3.8) is 0 Å². The van der Waals surface area contributed by atoms with Crippen LogP contribution in [0.15, 0.2) is 91.0 Å². The lowest BCUT2D eigenvalue weighted by Gasteiger charge is -2.21. The molecule has 3 nitrogen and oxygen atoms in total. The largest absolute Gasteiger partial charge is 0.372 e. The van der Waals surface area contributed by atoms with Gasteiger partial charge in [-0.1, -0.05) is 48.5 Å². The summed E-state index contributed by atoms with van der Waals surface area (Å²) in [5, 5.41) is 2.46. The van der Waals surface area contributed by atoms with Crippen LogP contribution in [0.1, 0.15) is 13.8 Å². The van der Waals surface area contributed by atoms with E-state index < -0.39 is 0 Å². The summed E-state index contributed by atoms with van der Waals surface area (Å²) >= 11 is 0. The molecule has 148 valence electrons. The number of nitrogens with zero attached hydrogens (tertiary/aromatic N) is 3. The Hall–Kier alpha value is -3.59. The highest BCUT2D eigenvalue weighted by molar-refractivity contribution is 5.94. The molecule has 0 aliphatic heterocycles. The first-order valence-corrected chi connectivity index (χ1v) is 10.6. The predicted octanol–water partition coefficient (Wildman–Crippen LogP) is 6.69. The van der Waals surface area contributed by atoms with Gasteiger partial charge < -0.3 is 4.90 Å². The minimum atomic E-state index is 0.971. The van der Waals surface area contributed by atoms with Gasteiger partial charge in [-0.2, -0.15) is 0 Å². The topological polar surface area (TPSA) is 21.1 Å². The molecule has 5 rings (SSSR count). The fourth-order valence-corrected chi connectivity index (χ4v) is 4.28. The summed E-state index contributed by atoms with van der Waals surface area (Å²) in [5.41, 5.74) is 5.65. The number of hydrogen-bond acceptors (Lipinski definition) is 2. The number of para-hydroxylation sites is 2. The normalized spacial score (nSPS) is 11.3. The van der Waals surface area contributed by atoms with Crippen molar-refractivity contribution in [3.8, 4) is 17.1 Å². The first-order valence-electron chi connectivity index (χ1n) is 10.6. The summed E-state index contributed by atoms with van der Waals surface area (Å²) in [5.74, 6) is 0.971. The molecule has 4 aromatic carbocycles. The van der Waals surface area contributed by atoms with Crippen LogP contribution in [0.5, 0.6) is 0 Å². The first-order chi connectivity index (χ1) is 14.8. The maximum atomic E-state index is 5.03. The fraction of sp³-hybridized carbons (Fsp3) is 0.148. The van der Waals surface area contributed by atoms with Crippen molar-refractivity contribution in [2.75, 3.05) is 18.0 Å². The predicted molar refractivity (Wildman–Crippen MR) is 128 cm³/mol. The Morgan fingerprint density at radius 3 is 2.23 bits per heavy atom. The van der Waals surface area contributed by atoms with Crippen LogP contribution < -0.4 is 4.90 Å². The van der Waals surface area contributed by atoms with Crippen LogP contribution in [0.3, 0.4) is 0 Å². The van der Waals surface area contributed by atoms with Gasteiger partial charge in [0.05, 0.1) is 16.7 Å². The Balaban J connectivity index is 1.74. The summed E-state index contributed by atoms with van der Waals surface area (Å²) in [4.78, 5) is 7.39.